The number of aromatic nitrogens is 4. The molecule has 0 radical (unpaired) electrons. The molecule has 0 unspecified atom stereocenters. The molecule has 0 aromatic carbocycles. The molecule has 2 heterocycles. The van der Waals surface area contributed by atoms with Crippen molar-refractivity contribution in [3.8, 4) is 5.82 Å². The molecule has 0 amide bonds. The summed E-state index contributed by atoms with van der Waals surface area (Å²) in [7, 11) is 0. The van der Waals surface area contributed by atoms with Gasteiger partial charge in [0.1, 0.15) is 10.4 Å². The molecular weight excluding hydrogens is 328 g/mol. The first kappa shape index (κ1) is 14.5. The van der Waals surface area contributed by atoms with Crippen molar-refractivity contribution in [1.29, 1.82) is 0 Å². The van der Waals surface area contributed by atoms with Gasteiger partial charge in [0.05, 0.1) is 16.4 Å². The Kier molecular flexibility index (Phi) is 3.71. The Morgan fingerprint density at radius 1 is 1.21 bits per heavy atom. The molecule has 0 saturated heterocycles. The van der Waals surface area contributed by atoms with E-state index in [2.05, 4.69) is 51.8 Å². The highest BCUT2D eigenvalue weighted by atomic mass is 79.9. The van der Waals surface area contributed by atoms with Crippen LogP contribution in [0.2, 0.25) is 5.02 Å². The first-order valence-electron chi connectivity index (χ1n) is 5.97. The molecule has 19 heavy (non-hydrogen) atoms. The summed E-state index contributed by atoms with van der Waals surface area (Å²) >= 11 is 9.61. The van der Waals surface area contributed by atoms with Gasteiger partial charge in [0.25, 0.3) is 0 Å². The Morgan fingerprint density at radius 3 is 2.32 bits per heavy atom. The van der Waals surface area contributed by atoms with Crippen LogP contribution in [-0.4, -0.2) is 19.7 Å². The summed E-state index contributed by atoms with van der Waals surface area (Å²) in [5, 5.41) is 5.09. The zero-order chi connectivity index (χ0) is 14.4. The standard InChI is InChI=1S/C13H16BrClN4/c1-7-11(15)8(2)19(18-7)10-6-9(14)16-12(17-10)13(3,4)5/h6H,1-5H3. The van der Waals surface area contributed by atoms with Crippen LogP contribution in [0.3, 0.4) is 0 Å². The molecule has 2 rings (SSSR count). The zero-order valence-electron chi connectivity index (χ0n) is 11.6. The minimum absolute atomic E-state index is 0.127. The summed E-state index contributed by atoms with van der Waals surface area (Å²) in [6, 6.07) is 1.84. The van der Waals surface area contributed by atoms with E-state index in [0.29, 0.717) is 5.02 Å². The van der Waals surface area contributed by atoms with Crippen LogP contribution >= 0.6 is 27.5 Å². The van der Waals surface area contributed by atoms with E-state index in [1.807, 2.05) is 19.9 Å². The molecular formula is C13H16BrClN4. The Balaban J connectivity index is 2.63. The SMILES string of the molecule is Cc1nn(-c2cc(Br)nc(C(C)(C)C)n2)c(C)c1Cl. The van der Waals surface area contributed by atoms with Crippen molar-refractivity contribution >= 4 is 27.5 Å². The third-order valence-electron chi connectivity index (χ3n) is 2.77. The van der Waals surface area contributed by atoms with E-state index in [0.717, 1.165) is 27.6 Å². The highest BCUT2D eigenvalue weighted by Gasteiger charge is 2.20. The van der Waals surface area contributed by atoms with Gasteiger partial charge < -0.3 is 0 Å². The third-order valence-corrected chi connectivity index (χ3v) is 3.73. The summed E-state index contributed by atoms with van der Waals surface area (Å²) in [6.45, 7) is 10.0. The van der Waals surface area contributed by atoms with E-state index in [9.17, 15) is 0 Å². The normalized spacial score (nSPS) is 11.9. The fourth-order valence-corrected chi connectivity index (χ4v) is 2.19. The summed E-state index contributed by atoms with van der Waals surface area (Å²) in [6.07, 6.45) is 0. The van der Waals surface area contributed by atoms with Crippen molar-refractivity contribution in [1.82, 2.24) is 19.7 Å². The molecule has 102 valence electrons. The molecule has 0 aliphatic carbocycles. The molecule has 0 atom stereocenters. The lowest BCUT2D eigenvalue weighted by Crippen LogP contribution is -2.18. The van der Waals surface area contributed by atoms with Crippen LogP contribution < -0.4 is 0 Å². The Hall–Kier alpha value is -0.940. The molecule has 0 fully saturated rings. The van der Waals surface area contributed by atoms with E-state index in [1.54, 1.807) is 4.68 Å². The summed E-state index contributed by atoms with van der Waals surface area (Å²) in [4.78, 5) is 9.01. The van der Waals surface area contributed by atoms with Gasteiger partial charge in [0, 0.05) is 11.5 Å². The van der Waals surface area contributed by atoms with Crippen LogP contribution in [0, 0.1) is 13.8 Å². The van der Waals surface area contributed by atoms with Crippen LogP contribution in [0.5, 0.6) is 0 Å². The average molecular weight is 344 g/mol. The van der Waals surface area contributed by atoms with Crippen molar-refractivity contribution in [2.24, 2.45) is 0 Å². The van der Waals surface area contributed by atoms with Gasteiger partial charge in [-0.15, -0.1) is 0 Å². The molecule has 0 aliphatic rings. The number of hydrogen-bond acceptors (Lipinski definition) is 3. The molecule has 0 aliphatic heterocycles. The van der Waals surface area contributed by atoms with Crippen molar-refractivity contribution in [3.63, 3.8) is 0 Å². The van der Waals surface area contributed by atoms with Gasteiger partial charge in [0.15, 0.2) is 5.82 Å². The maximum absolute atomic E-state index is 6.18. The highest BCUT2D eigenvalue weighted by molar-refractivity contribution is 9.10. The molecule has 2 aromatic rings. The lowest BCUT2D eigenvalue weighted by Gasteiger charge is -2.17. The van der Waals surface area contributed by atoms with Crippen LogP contribution in [0.1, 0.15) is 38.0 Å². The zero-order valence-corrected chi connectivity index (χ0v) is 14.0. The summed E-state index contributed by atoms with van der Waals surface area (Å²) in [5.41, 5.74) is 1.55. The first-order chi connectivity index (χ1) is 8.70. The first-order valence-corrected chi connectivity index (χ1v) is 7.14. The summed E-state index contributed by atoms with van der Waals surface area (Å²) < 4.78 is 2.49. The second-order valence-corrected chi connectivity index (χ2v) is 6.71. The van der Waals surface area contributed by atoms with Gasteiger partial charge >= 0.3 is 0 Å². The molecule has 0 N–H and O–H groups in total. The monoisotopic (exact) mass is 342 g/mol. The van der Waals surface area contributed by atoms with Crippen molar-refractivity contribution in [2.45, 2.75) is 40.0 Å². The predicted octanol–water partition coefficient (Wildman–Crippen LogP) is 3.99. The average Bonchev–Trinajstić information content (AvgIpc) is 2.55. The van der Waals surface area contributed by atoms with Crippen LogP contribution in [0.4, 0.5) is 0 Å². The van der Waals surface area contributed by atoms with Crippen molar-refractivity contribution in [2.75, 3.05) is 0 Å². The highest BCUT2D eigenvalue weighted by Crippen LogP contribution is 2.25. The van der Waals surface area contributed by atoms with Crippen molar-refractivity contribution in [3.05, 3.63) is 32.9 Å². The maximum Gasteiger partial charge on any atom is 0.158 e. The van der Waals surface area contributed by atoms with E-state index in [-0.39, 0.29) is 5.41 Å². The number of hydrogen-bond donors (Lipinski definition) is 0. The Bertz CT molecular complexity index is 628. The molecule has 4 nitrogen and oxygen atoms in total. The molecule has 0 bridgehead atoms. The van der Waals surface area contributed by atoms with E-state index in [1.165, 1.54) is 0 Å². The van der Waals surface area contributed by atoms with E-state index in [4.69, 9.17) is 11.6 Å². The Labute approximate surface area is 126 Å². The van der Waals surface area contributed by atoms with Gasteiger partial charge in [-0.25, -0.2) is 14.6 Å². The fourth-order valence-electron chi connectivity index (χ4n) is 1.70. The van der Waals surface area contributed by atoms with Gasteiger partial charge in [-0.05, 0) is 29.8 Å². The lowest BCUT2D eigenvalue weighted by atomic mass is 9.96. The fraction of sp³-hybridized carbons (Fsp3) is 0.462. The third kappa shape index (κ3) is 2.82. The van der Waals surface area contributed by atoms with Crippen molar-refractivity contribution < 1.29 is 0 Å². The van der Waals surface area contributed by atoms with Gasteiger partial charge in [-0.2, -0.15) is 5.10 Å². The number of aryl methyl sites for hydroxylation is 1. The minimum atomic E-state index is -0.127. The molecule has 0 spiro atoms. The molecule has 6 heteroatoms. The van der Waals surface area contributed by atoms with Gasteiger partial charge in [0.2, 0.25) is 0 Å². The van der Waals surface area contributed by atoms with E-state index < -0.39 is 0 Å². The van der Waals surface area contributed by atoms with E-state index >= 15 is 0 Å². The topological polar surface area (TPSA) is 43.6 Å². The second kappa shape index (κ2) is 4.87. The minimum Gasteiger partial charge on any atom is -0.225 e. The quantitative estimate of drug-likeness (QED) is 0.735. The predicted molar refractivity (Wildman–Crippen MR) is 80.0 cm³/mol. The molecule has 0 saturated carbocycles. The van der Waals surface area contributed by atoms with Gasteiger partial charge in [-0.3, -0.25) is 0 Å². The lowest BCUT2D eigenvalue weighted by molar-refractivity contribution is 0.539. The van der Waals surface area contributed by atoms with Crippen LogP contribution in [0.25, 0.3) is 5.82 Å². The number of rotatable bonds is 1. The van der Waals surface area contributed by atoms with Crippen LogP contribution in [-0.2, 0) is 5.41 Å². The van der Waals surface area contributed by atoms with Gasteiger partial charge in [-0.1, -0.05) is 32.4 Å². The largest absolute Gasteiger partial charge is 0.225 e. The van der Waals surface area contributed by atoms with Crippen LogP contribution in [0.15, 0.2) is 10.7 Å². The molecule has 2 aromatic heterocycles. The smallest absolute Gasteiger partial charge is 0.158 e. The second-order valence-electron chi connectivity index (χ2n) is 5.52. The number of nitrogens with zero attached hydrogens (tertiary/aromatic N) is 4. The number of halogens is 2. The Morgan fingerprint density at radius 2 is 1.84 bits per heavy atom. The maximum atomic E-state index is 6.18. The summed E-state index contributed by atoms with van der Waals surface area (Å²) in [5.74, 6) is 1.49.